The fourth-order valence-electron chi connectivity index (χ4n) is 5.98. The Labute approximate surface area is 111 Å². The lowest BCUT2D eigenvalue weighted by Crippen LogP contribution is -2.58. The Morgan fingerprint density at radius 1 is 0.833 bits per heavy atom. The molecule has 5 rings (SSSR count). The fourth-order valence-corrected chi connectivity index (χ4v) is 5.98. The van der Waals surface area contributed by atoms with Gasteiger partial charge in [0.15, 0.2) is 0 Å². The molecular formula is C16H28N2. The van der Waals surface area contributed by atoms with E-state index in [1.807, 2.05) is 0 Å². The first-order valence-electron chi connectivity index (χ1n) is 8.24. The molecule has 1 aliphatic heterocycles. The lowest BCUT2D eigenvalue weighted by atomic mass is 9.53. The second-order valence-electron chi connectivity index (χ2n) is 7.52. The maximum absolute atomic E-state index is 3.47. The first-order chi connectivity index (χ1) is 8.83. The molecule has 0 radical (unpaired) electrons. The summed E-state index contributed by atoms with van der Waals surface area (Å²) in [5.41, 5.74) is 0. The summed E-state index contributed by atoms with van der Waals surface area (Å²) in [5, 5.41) is 3.47. The van der Waals surface area contributed by atoms with Gasteiger partial charge < -0.3 is 5.32 Å². The van der Waals surface area contributed by atoms with Crippen molar-refractivity contribution in [1.82, 2.24) is 10.2 Å². The average molecular weight is 248 g/mol. The van der Waals surface area contributed by atoms with Crippen LogP contribution in [0.25, 0.3) is 0 Å². The smallest absolute Gasteiger partial charge is 0.0152 e. The number of hydrogen-bond acceptors (Lipinski definition) is 2. The normalized spacial score (nSPS) is 48.8. The summed E-state index contributed by atoms with van der Waals surface area (Å²) in [5.74, 6) is 4.40. The predicted octanol–water partition coefficient (Wildman–Crippen LogP) is 2.49. The molecule has 1 saturated heterocycles. The Bertz CT molecular complexity index is 278. The van der Waals surface area contributed by atoms with Crippen molar-refractivity contribution in [1.29, 1.82) is 0 Å². The molecule has 2 nitrogen and oxygen atoms in total. The van der Waals surface area contributed by atoms with Gasteiger partial charge in [-0.05, 0) is 88.8 Å². The molecule has 0 aromatic rings. The van der Waals surface area contributed by atoms with Crippen molar-refractivity contribution in [3.8, 4) is 0 Å². The van der Waals surface area contributed by atoms with Crippen LogP contribution in [-0.2, 0) is 0 Å². The molecule has 0 aromatic heterocycles. The number of likely N-dealkylation sites (tertiary alicyclic amines) is 1. The Kier molecular flexibility index (Phi) is 2.92. The summed E-state index contributed by atoms with van der Waals surface area (Å²) < 4.78 is 0. The summed E-state index contributed by atoms with van der Waals surface area (Å²) in [6.07, 6.45) is 10.6. The predicted molar refractivity (Wildman–Crippen MR) is 74.5 cm³/mol. The molecule has 102 valence electrons. The van der Waals surface area contributed by atoms with Gasteiger partial charge >= 0.3 is 0 Å². The highest BCUT2D eigenvalue weighted by atomic mass is 15.2. The van der Waals surface area contributed by atoms with Crippen LogP contribution < -0.4 is 5.32 Å². The molecule has 4 saturated carbocycles. The zero-order valence-electron chi connectivity index (χ0n) is 11.8. The molecule has 0 amide bonds. The van der Waals surface area contributed by atoms with E-state index in [0.29, 0.717) is 0 Å². The van der Waals surface area contributed by atoms with E-state index >= 15 is 0 Å². The fraction of sp³-hybridized carbons (Fsp3) is 1.00. The topological polar surface area (TPSA) is 15.3 Å². The second-order valence-corrected chi connectivity index (χ2v) is 7.52. The van der Waals surface area contributed by atoms with E-state index in [4.69, 9.17) is 0 Å². The first kappa shape index (κ1) is 11.7. The van der Waals surface area contributed by atoms with E-state index in [-0.39, 0.29) is 0 Å². The molecular weight excluding hydrogens is 220 g/mol. The summed E-state index contributed by atoms with van der Waals surface area (Å²) in [6, 6.07) is 1.77. The third-order valence-electron chi connectivity index (χ3n) is 6.54. The quantitative estimate of drug-likeness (QED) is 0.808. The van der Waals surface area contributed by atoms with Crippen molar-refractivity contribution in [2.75, 3.05) is 20.1 Å². The van der Waals surface area contributed by atoms with Gasteiger partial charge in [-0.15, -0.1) is 0 Å². The number of piperidine rings is 1. The molecule has 4 aliphatic carbocycles. The van der Waals surface area contributed by atoms with Crippen molar-refractivity contribution in [3.05, 3.63) is 0 Å². The second kappa shape index (κ2) is 4.49. The van der Waals surface area contributed by atoms with Crippen LogP contribution in [0.1, 0.15) is 44.9 Å². The average Bonchev–Trinajstić information content (AvgIpc) is 2.38. The van der Waals surface area contributed by atoms with Gasteiger partial charge in [-0.3, -0.25) is 4.90 Å². The molecule has 1 heterocycles. The third kappa shape index (κ3) is 1.84. The van der Waals surface area contributed by atoms with E-state index in [9.17, 15) is 0 Å². The van der Waals surface area contributed by atoms with Crippen molar-refractivity contribution in [2.45, 2.75) is 57.0 Å². The van der Waals surface area contributed by atoms with Gasteiger partial charge in [-0.2, -0.15) is 0 Å². The largest absolute Gasteiger partial charge is 0.317 e. The summed E-state index contributed by atoms with van der Waals surface area (Å²) in [6.45, 7) is 2.72. The van der Waals surface area contributed by atoms with Crippen LogP contribution in [0, 0.1) is 23.7 Å². The highest BCUT2D eigenvalue weighted by Gasteiger charge is 2.50. The summed E-state index contributed by atoms with van der Waals surface area (Å²) >= 11 is 0. The van der Waals surface area contributed by atoms with Crippen molar-refractivity contribution in [2.24, 2.45) is 23.7 Å². The van der Waals surface area contributed by atoms with E-state index in [0.717, 1.165) is 35.8 Å². The monoisotopic (exact) mass is 248 g/mol. The molecule has 5 aliphatic rings. The lowest BCUT2D eigenvalue weighted by molar-refractivity contribution is -0.0716. The van der Waals surface area contributed by atoms with Crippen molar-refractivity contribution >= 4 is 0 Å². The Morgan fingerprint density at radius 3 is 1.89 bits per heavy atom. The Balaban J connectivity index is 1.46. The van der Waals surface area contributed by atoms with E-state index in [2.05, 4.69) is 17.3 Å². The van der Waals surface area contributed by atoms with Gasteiger partial charge in [0.2, 0.25) is 0 Å². The molecule has 0 aromatic carbocycles. The minimum absolute atomic E-state index is 0.790. The van der Waals surface area contributed by atoms with Crippen LogP contribution in [0.15, 0.2) is 0 Å². The Hall–Kier alpha value is -0.0800. The summed E-state index contributed by atoms with van der Waals surface area (Å²) in [4.78, 5) is 2.89. The van der Waals surface area contributed by atoms with E-state index in [1.165, 1.54) is 25.9 Å². The van der Waals surface area contributed by atoms with E-state index < -0.39 is 0 Å². The van der Waals surface area contributed by atoms with Crippen LogP contribution in [0.4, 0.5) is 0 Å². The van der Waals surface area contributed by atoms with Crippen molar-refractivity contribution in [3.63, 3.8) is 0 Å². The first-order valence-corrected chi connectivity index (χ1v) is 8.24. The number of rotatable bonds is 2. The molecule has 0 atom stereocenters. The zero-order chi connectivity index (χ0) is 12.1. The minimum Gasteiger partial charge on any atom is -0.317 e. The van der Waals surface area contributed by atoms with Gasteiger partial charge in [-0.1, -0.05) is 0 Å². The standard InChI is InChI=1S/C16H28N2/c1-17-15-2-4-18(5-3-15)16-13-7-11-6-12(9-13)10-14(16)8-11/h11-17H,2-10H2,1H3. The third-order valence-corrected chi connectivity index (χ3v) is 6.54. The van der Waals surface area contributed by atoms with Gasteiger partial charge in [-0.25, -0.2) is 0 Å². The SMILES string of the molecule is CNC1CCN(C2C3CC4CC(C3)CC2C4)CC1. The number of nitrogens with one attached hydrogen (secondary N) is 1. The maximum atomic E-state index is 3.47. The van der Waals surface area contributed by atoms with Crippen LogP contribution in [-0.4, -0.2) is 37.1 Å². The molecule has 4 bridgehead atoms. The van der Waals surface area contributed by atoms with Crippen LogP contribution in [0.3, 0.4) is 0 Å². The van der Waals surface area contributed by atoms with Crippen molar-refractivity contribution < 1.29 is 0 Å². The minimum atomic E-state index is 0.790. The van der Waals surface area contributed by atoms with E-state index in [1.54, 1.807) is 32.1 Å². The van der Waals surface area contributed by atoms with Gasteiger partial charge in [0.05, 0.1) is 0 Å². The molecule has 2 heteroatoms. The highest BCUT2D eigenvalue weighted by molar-refractivity contribution is 5.02. The highest BCUT2D eigenvalue weighted by Crippen LogP contribution is 2.55. The molecule has 0 unspecified atom stereocenters. The Morgan fingerprint density at radius 2 is 1.39 bits per heavy atom. The molecule has 1 N–H and O–H groups in total. The van der Waals surface area contributed by atoms with Gasteiger partial charge in [0.25, 0.3) is 0 Å². The zero-order valence-corrected chi connectivity index (χ0v) is 11.8. The van der Waals surface area contributed by atoms with Crippen LogP contribution in [0.5, 0.6) is 0 Å². The van der Waals surface area contributed by atoms with Crippen LogP contribution in [0.2, 0.25) is 0 Å². The number of hydrogen-bond donors (Lipinski definition) is 1. The summed E-state index contributed by atoms with van der Waals surface area (Å²) in [7, 11) is 2.13. The maximum Gasteiger partial charge on any atom is 0.0152 e. The lowest BCUT2D eigenvalue weighted by Gasteiger charge is -2.58. The molecule has 5 fully saturated rings. The van der Waals surface area contributed by atoms with Crippen LogP contribution >= 0.6 is 0 Å². The van der Waals surface area contributed by atoms with Gasteiger partial charge in [0.1, 0.15) is 0 Å². The number of nitrogens with zero attached hydrogens (tertiary/aromatic N) is 1. The molecule has 18 heavy (non-hydrogen) atoms. The molecule has 0 spiro atoms. The van der Waals surface area contributed by atoms with Gasteiger partial charge in [0, 0.05) is 12.1 Å².